The van der Waals surface area contributed by atoms with Gasteiger partial charge in [-0.25, -0.2) is 9.48 Å². The molecule has 0 amide bonds. The Morgan fingerprint density at radius 1 is 1.41 bits per heavy atom. The number of aromatic nitrogens is 2. The summed E-state index contributed by atoms with van der Waals surface area (Å²) < 4.78 is 5.82. The normalized spacial score (nSPS) is 10.2. The number of ether oxygens (including phenoxy) is 1. The van der Waals surface area contributed by atoms with Crippen molar-refractivity contribution in [1.82, 2.24) is 9.78 Å². The molecule has 1 N–H and O–H groups in total. The number of carbonyl (C=O) groups excluding carboxylic acids is 1. The topological polar surface area (TPSA) is 64.1 Å². The average Bonchev–Trinajstić information content (AvgIpc) is 2.70. The molecule has 1 aromatic heterocycles. The van der Waals surface area contributed by atoms with E-state index < -0.39 is 11.5 Å². The van der Waals surface area contributed by atoms with Gasteiger partial charge in [-0.2, -0.15) is 0 Å². The van der Waals surface area contributed by atoms with Gasteiger partial charge in [-0.05, 0) is 24.6 Å². The van der Waals surface area contributed by atoms with Crippen LogP contribution in [0.1, 0.15) is 15.9 Å². The number of nitrogens with one attached hydrogen (secondary N) is 1. The Balaban J connectivity index is 2.52. The molecule has 0 saturated carbocycles. The molecule has 0 bridgehead atoms. The molecule has 0 saturated heterocycles. The Morgan fingerprint density at radius 3 is 2.82 bits per heavy atom. The maximum absolute atomic E-state index is 11.9. The zero-order valence-corrected chi connectivity index (χ0v) is 9.56. The van der Waals surface area contributed by atoms with Crippen LogP contribution >= 0.6 is 0 Å². The van der Waals surface area contributed by atoms with Gasteiger partial charge < -0.3 is 4.74 Å². The van der Waals surface area contributed by atoms with Crippen molar-refractivity contribution in [3.05, 3.63) is 51.9 Å². The minimum atomic E-state index is -0.641. The molecule has 0 radical (unpaired) electrons. The molecule has 0 aliphatic carbocycles. The monoisotopic (exact) mass is 232 g/mol. The number of esters is 1. The largest absolute Gasteiger partial charge is 0.465 e. The fraction of sp³-hybridized carbons (Fsp3) is 0.167. The number of nitrogens with zero attached hydrogens (tertiary/aromatic N) is 1. The number of benzene rings is 1. The van der Waals surface area contributed by atoms with Crippen molar-refractivity contribution < 1.29 is 9.53 Å². The maximum Gasteiger partial charge on any atom is 0.345 e. The number of carbonyl (C=O) groups is 1. The van der Waals surface area contributed by atoms with Crippen molar-refractivity contribution in [2.45, 2.75) is 6.92 Å². The van der Waals surface area contributed by atoms with Crippen LogP contribution in [-0.2, 0) is 4.74 Å². The highest BCUT2D eigenvalue weighted by Crippen LogP contribution is 2.07. The summed E-state index contributed by atoms with van der Waals surface area (Å²) in [7, 11) is 1.24. The van der Waals surface area contributed by atoms with Crippen molar-refractivity contribution >= 4 is 5.97 Å². The third-order valence-electron chi connectivity index (χ3n) is 2.44. The molecule has 0 atom stereocenters. The van der Waals surface area contributed by atoms with Crippen LogP contribution in [0.2, 0.25) is 0 Å². The van der Waals surface area contributed by atoms with Crippen LogP contribution < -0.4 is 5.56 Å². The number of rotatable bonds is 2. The van der Waals surface area contributed by atoms with E-state index in [-0.39, 0.29) is 5.56 Å². The number of aromatic amines is 1. The lowest BCUT2D eigenvalue weighted by Gasteiger charge is -2.01. The molecule has 5 heteroatoms. The smallest absolute Gasteiger partial charge is 0.345 e. The Morgan fingerprint density at radius 2 is 2.18 bits per heavy atom. The minimum Gasteiger partial charge on any atom is -0.465 e. The van der Waals surface area contributed by atoms with Crippen molar-refractivity contribution in [3.8, 4) is 5.69 Å². The van der Waals surface area contributed by atoms with E-state index in [2.05, 4.69) is 9.84 Å². The quantitative estimate of drug-likeness (QED) is 0.793. The van der Waals surface area contributed by atoms with Crippen LogP contribution in [0.25, 0.3) is 5.69 Å². The fourth-order valence-electron chi connectivity index (χ4n) is 1.58. The molecule has 0 aliphatic heterocycles. The lowest BCUT2D eigenvalue weighted by Crippen LogP contribution is -2.20. The third kappa shape index (κ3) is 1.99. The Hall–Kier alpha value is -2.30. The Labute approximate surface area is 97.6 Å². The van der Waals surface area contributed by atoms with Crippen LogP contribution in [0, 0.1) is 6.92 Å². The highest BCUT2D eigenvalue weighted by Gasteiger charge is 2.15. The van der Waals surface area contributed by atoms with Gasteiger partial charge in [0, 0.05) is 6.20 Å². The molecule has 0 fully saturated rings. The summed E-state index contributed by atoms with van der Waals surface area (Å²) >= 11 is 0. The summed E-state index contributed by atoms with van der Waals surface area (Å²) in [4.78, 5) is 23.2. The molecule has 0 spiro atoms. The van der Waals surface area contributed by atoms with Crippen molar-refractivity contribution in [3.63, 3.8) is 0 Å². The number of aryl methyl sites for hydroxylation is 1. The molecule has 88 valence electrons. The van der Waals surface area contributed by atoms with E-state index in [0.29, 0.717) is 5.69 Å². The van der Waals surface area contributed by atoms with Crippen LogP contribution in [0.4, 0.5) is 0 Å². The fourth-order valence-corrected chi connectivity index (χ4v) is 1.58. The second kappa shape index (κ2) is 4.29. The van der Waals surface area contributed by atoms with Crippen LogP contribution in [0.15, 0.2) is 35.3 Å². The molecular formula is C12H12N2O3. The lowest BCUT2D eigenvalue weighted by molar-refractivity contribution is 0.0599. The van der Waals surface area contributed by atoms with Gasteiger partial charge in [-0.15, -0.1) is 0 Å². The summed E-state index contributed by atoms with van der Waals surface area (Å²) in [6.45, 7) is 1.93. The average molecular weight is 232 g/mol. The summed E-state index contributed by atoms with van der Waals surface area (Å²) in [6, 6.07) is 7.40. The zero-order valence-electron chi connectivity index (χ0n) is 9.56. The van der Waals surface area contributed by atoms with E-state index in [4.69, 9.17) is 0 Å². The van der Waals surface area contributed by atoms with Crippen LogP contribution in [-0.4, -0.2) is 22.9 Å². The zero-order chi connectivity index (χ0) is 12.4. The Bertz CT molecular complexity index is 610. The van der Waals surface area contributed by atoms with E-state index in [1.807, 2.05) is 25.1 Å². The molecule has 1 heterocycles. The number of hydrogen-bond donors (Lipinski definition) is 1. The van der Waals surface area contributed by atoms with E-state index in [9.17, 15) is 9.59 Å². The first-order valence-electron chi connectivity index (χ1n) is 5.09. The second-order valence-corrected chi connectivity index (χ2v) is 3.66. The van der Waals surface area contributed by atoms with Gasteiger partial charge in [0.1, 0.15) is 5.56 Å². The highest BCUT2D eigenvalue weighted by atomic mass is 16.5. The first-order valence-corrected chi connectivity index (χ1v) is 5.09. The predicted octanol–water partition coefficient (Wildman–Crippen LogP) is 1.26. The standard InChI is InChI=1S/C12H12N2O3/c1-8-4-3-5-9(6-8)14-11(15)10(7-13-14)12(16)17-2/h3-7,13H,1-2H3. The number of methoxy groups -OCH3 is 1. The Kier molecular flexibility index (Phi) is 2.82. The molecule has 1 aromatic carbocycles. The van der Waals surface area contributed by atoms with Gasteiger partial charge in [0.2, 0.25) is 0 Å². The predicted molar refractivity (Wildman–Crippen MR) is 62.5 cm³/mol. The summed E-state index contributed by atoms with van der Waals surface area (Å²) in [5.41, 5.74) is 1.30. The summed E-state index contributed by atoms with van der Waals surface area (Å²) in [5.74, 6) is -0.641. The highest BCUT2D eigenvalue weighted by molar-refractivity contribution is 5.88. The molecule has 2 rings (SSSR count). The third-order valence-corrected chi connectivity index (χ3v) is 2.44. The number of hydrogen-bond acceptors (Lipinski definition) is 3. The number of H-pyrrole nitrogens is 1. The molecule has 0 aliphatic rings. The van der Waals surface area contributed by atoms with Crippen LogP contribution in [0.5, 0.6) is 0 Å². The van der Waals surface area contributed by atoms with E-state index in [1.54, 1.807) is 6.07 Å². The van der Waals surface area contributed by atoms with E-state index in [0.717, 1.165) is 5.56 Å². The van der Waals surface area contributed by atoms with Gasteiger partial charge in [0.05, 0.1) is 12.8 Å². The van der Waals surface area contributed by atoms with E-state index in [1.165, 1.54) is 18.0 Å². The van der Waals surface area contributed by atoms with Gasteiger partial charge in [-0.3, -0.25) is 9.89 Å². The van der Waals surface area contributed by atoms with Gasteiger partial charge in [-0.1, -0.05) is 12.1 Å². The van der Waals surface area contributed by atoms with Crippen molar-refractivity contribution in [1.29, 1.82) is 0 Å². The molecule has 0 unspecified atom stereocenters. The van der Waals surface area contributed by atoms with Gasteiger partial charge >= 0.3 is 5.97 Å². The summed E-state index contributed by atoms with van der Waals surface area (Å²) in [5, 5.41) is 2.74. The first kappa shape index (κ1) is 11.2. The molecule has 2 aromatic rings. The maximum atomic E-state index is 11.9. The first-order chi connectivity index (χ1) is 8.13. The summed E-state index contributed by atoms with van der Waals surface area (Å²) in [6.07, 6.45) is 1.34. The molecule has 17 heavy (non-hydrogen) atoms. The minimum absolute atomic E-state index is 0.00555. The van der Waals surface area contributed by atoms with Gasteiger partial charge in [0.25, 0.3) is 5.56 Å². The second-order valence-electron chi connectivity index (χ2n) is 3.66. The molecular weight excluding hydrogens is 220 g/mol. The SMILES string of the molecule is COC(=O)c1c[nH]n(-c2cccc(C)c2)c1=O. The van der Waals surface area contributed by atoms with Crippen molar-refractivity contribution in [2.75, 3.05) is 7.11 Å². The molecule has 5 nitrogen and oxygen atoms in total. The van der Waals surface area contributed by atoms with Gasteiger partial charge in [0.15, 0.2) is 0 Å². The van der Waals surface area contributed by atoms with Crippen molar-refractivity contribution in [2.24, 2.45) is 0 Å². The van der Waals surface area contributed by atoms with Crippen LogP contribution in [0.3, 0.4) is 0 Å². The lowest BCUT2D eigenvalue weighted by atomic mass is 10.2. The van der Waals surface area contributed by atoms with E-state index >= 15 is 0 Å².